The van der Waals surface area contributed by atoms with Crippen LogP contribution in [-0.4, -0.2) is 47.9 Å². The van der Waals surface area contributed by atoms with E-state index in [0.717, 1.165) is 31.1 Å². The molecule has 0 spiro atoms. The van der Waals surface area contributed by atoms with Crippen LogP contribution in [0, 0.1) is 11.3 Å². The predicted octanol–water partition coefficient (Wildman–Crippen LogP) is 3.30. The number of benzene rings is 1. The SMILES string of the molecule is CCNC(=NCCc1nc(-c2cccc(Cl)c2)no1)NC1C2CCOC2C1(C)C. The minimum atomic E-state index is 0.107. The molecule has 1 aromatic heterocycles. The van der Waals surface area contributed by atoms with Gasteiger partial charge in [-0.05, 0) is 25.5 Å². The van der Waals surface area contributed by atoms with Crippen LogP contribution in [-0.2, 0) is 11.2 Å². The van der Waals surface area contributed by atoms with Crippen molar-refractivity contribution in [2.24, 2.45) is 16.3 Å². The lowest BCUT2D eigenvalue weighted by Crippen LogP contribution is -2.68. The highest BCUT2D eigenvalue weighted by atomic mass is 35.5. The summed E-state index contributed by atoms with van der Waals surface area (Å²) in [5.41, 5.74) is 0.946. The molecule has 3 atom stereocenters. The van der Waals surface area contributed by atoms with Crippen LogP contribution < -0.4 is 10.6 Å². The summed E-state index contributed by atoms with van der Waals surface area (Å²) >= 11 is 6.04. The Morgan fingerprint density at radius 1 is 1.38 bits per heavy atom. The first-order valence-electron chi connectivity index (χ1n) is 10.2. The summed E-state index contributed by atoms with van der Waals surface area (Å²) in [4.78, 5) is 9.17. The van der Waals surface area contributed by atoms with E-state index in [1.165, 1.54) is 0 Å². The van der Waals surface area contributed by atoms with Crippen molar-refractivity contribution in [2.75, 3.05) is 19.7 Å². The summed E-state index contributed by atoms with van der Waals surface area (Å²) in [7, 11) is 0. The highest BCUT2D eigenvalue weighted by Crippen LogP contribution is 2.52. The molecule has 2 heterocycles. The first-order chi connectivity index (χ1) is 14.0. The normalized spacial score (nSPS) is 25.4. The van der Waals surface area contributed by atoms with E-state index in [1.807, 2.05) is 24.3 Å². The van der Waals surface area contributed by atoms with Crippen molar-refractivity contribution in [1.82, 2.24) is 20.8 Å². The van der Waals surface area contributed by atoms with Gasteiger partial charge in [-0.15, -0.1) is 0 Å². The Balaban J connectivity index is 1.37. The Bertz CT molecular complexity index is 881. The van der Waals surface area contributed by atoms with Crippen LogP contribution in [0.25, 0.3) is 11.4 Å². The van der Waals surface area contributed by atoms with Crippen molar-refractivity contribution in [2.45, 2.75) is 45.8 Å². The van der Waals surface area contributed by atoms with Crippen LogP contribution in [0.1, 0.15) is 33.1 Å². The molecule has 2 aliphatic rings. The number of aliphatic imine (C=N–C) groups is 1. The molecule has 8 heteroatoms. The van der Waals surface area contributed by atoms with Gasteiger partial charge in [-0.2, -0.15) is 4.98 Å². The standard InChI is InChI=1S/C21H28ClN5O2/c1-4-23-20(26-17-15-9-11-28-18(15)21(17,2)3)24-10-8-16-25-19(27-29-16)13-6-5-7-14(22)12-13/h5-7,12,15,17-18H,4,8-11H2,1-3H3,(H2,23,24,26). The number of hydrogen-bond acceptors (Lipinski definition) is 5. The molecule has 7 nitrogen and oxygen atoms in total. The Morgan fingerprint density at radius 2 is 2.24 bits per heavy atom. The van der Waals surface area contributed by atoms with Gasteiger partial charge in [0.05, 0.1) is 12.6 Å². The minimum absolute atomic E-state index is 0.107. The zero-order valence-electron chi connectivity index (χ0n) is 17.1. The van der Waals surface area contributed by atoms with Gasteiger partial charge >= 0.3 is 0 Å². The molecule has 1 saturated heterocycles. The number of fused-ring (bicyclic) bond motifs is 1. The quantitative estimate of drug-likeness (QED) is 0.554. The van der Waals surface area contributed by atoms with Crippen molar-refractivity contribution in [3.05, 3.63) is 35.2 Å². The lowest BCUT2D eigenvalue weighted by Gasteiger charge is -2.54. The number of halogens is 1. The third kappa shape index (κ3) is 4.12. The molecule has 4 rings (SSSR count). The van der Waals surface area contributed by atoms with Crippen LogP contribution in [0.15, 0.2) is 33.8 Å². The van der Waals surface area contributed by atoms with Crippen LogP contribution >= 0.6 is 11.6 Å². The number of nitrogens with zero attached hydrogens (tertiary/aromatic N) is 3. The third-order valence-corrected chi connectivity index (χ3v) is 6.12. The number of ether oxygens (including phenoxy) is 1. The van der Waals surface area contributed by atoms with E-state index in [2.05, 4.69) is 41.5 Å². The van der Waals surface area contributed by atoms with Gasteiger partial charge in [0.15, 0.2) is 5.96 Å². The summed E-state index contributed by atoms with van der Waals surface area (Å²) in [6.07, 6.45) is 2.04. The maximum Gasteiger partial charge on any atom is 0.228 e. The fraction of sp³-hybridized carbons (Fsp3) is 0.571. The third-order valence-electron chi connectivity index (χ3n) is 5.88. The number of hydrogen-bond donors (Lipinski definition) is 2. The predicted molar refractivity (Wildman–Crippen MR) is 113 cm³/mol. The van der Waals surface area contributed by atoms with Crippen molar-refractivity contribution in [3.63, 3.8) is 0 Å². The van der Waals surface area contributed by atoms with Gasteiger partial charge < -0.3 is 19.9 Å². The number of rotatable bonds is 6. The lowest BCUT2D eigenvalue weighted by atomic mass is 9.57. The van der Waals surface area contributed by atoms with Crippen molar-refractivity contribution < 1.29 is 9.26 Å². The Morgan fingerprint density at radius 3 is 3.03 bits per heavy atom. The molecule has 0 radical (unpaired) electrons. The minimum Gasteiger partial charge on any atom is -0.377 e. The molecule has 0 bridgehead atoms. The molecule has 3 unspecified atom stereocenters. The number of guanidine groups is 1. The van der Waals surface area contributed by atoms with Crippen LogP contribution in [0.5, 0.6) is 0 Å². The summed E-state index contributed by atoms with van der Waals surface area (Å²) in [5.74, 6) is 2.49. The van der Waals surface area contributed by atoms with E-state index in [0.29, 0.717) is 47.8 Å². The highest BCUT2D eigenvalue weighted by molar-refractivity contribution is 6.30. The van der Waals surface area contributed by atoms with E-state index in [1.54, 1.807) is 0 Å². The molecule has 2 fully saturated rings. The Labute approximate surface area is 176 Å². The van der Waals surface area contributed by atoms with E-state index < -0.39 is 0 Å². The molecule has 156 valence electrons. The van der Waals surface area contributed by atoms with Crippen LogP contribution in [0.4, 0.5) is 0 Å². The Kier molecular flexibility index (Phi) is 5.79. The maximum absolute atomic E-state index is 6.04. The molecule has 2 N–H and O–H groups in total. The molecule has 29 heavy (non-hydrogen) atoms. The number of nitrogens with one attached hydrogen (secondary N) is 2. The fourth-order valence-corrected chi connectivity index (χ4v) is 4.64. The summed E-state index contributed by atoms with van der Waals surface area (Å²) in [5, 5.41) is 11.7. The largest absolute Gasteiger partial charge is 0.377 e. The van der Waals surface area contributed by atoms with Gasteiger partial charge in [-0.25, -0.2) is 0 Å². The molecule has 1 aliphatic heterocycles. The monoisotopic (exact) mass is 417 g/mol. The van der Waals surface area contributed by atoms with Crippen molar-refractivity contribution >= 4 is 17.6 Å². The second kappa shape index (κ2) is 8.32. The molecule has 1 aliphatic carbocycles. The first kappa shape index (κ1) is 20.2. The number of aromatic nitrogens is 2. The van der Waals surface area contributed by atoms with Crippen molar-refractivity contribution in [1.29, 1.82) is 0 Å². The van der Waals surface area contributed by atoms with Gasteiger partial charge in [-0.3, -0.25) is 4.99 Å². The average Bonchev–Trinajstić information content (AvgIpc) is 3.34. The van der Waals surface area contributed by atoms with Gasteiger partial charge in [0, 0.05) is 47.5 Å². The summed E-state index contributed by atoms with van der Waals surface area (Å²) in [6, 6.07) is 7.78. The first-order valence-corrected chi connectivity index (χ1v) is 10.6. The second-order valence-electron chi connectivity index (χ2n) is 8.22. The van der Waals surface area contributed by atoms with E-state index in [-0.39, 0.29) is 5.41 Å². The van der Waals surface area contributed by atoms with Crippen LogP contribution in [0.2, 0.25) is 5.02 Å². The zero-order valence-corrected chi connectivity index (χ0v) is 17.9. The smallest absolute Gasteiger partial charge is 0.228 e. The highest BCUT2D eigenvalue weighted by Gasteiger charge is 2.59. The van der Waals surface area contributed by atoms with E-state index in [4.69, 9.17) is 25.9 Å². The fourth-order valence-electron chi connectivity index (χ4n) is 4.45. The molecule has 1 aromatic carbocycles. The zero-order chi connectivity index (χ0) is 20.4. The molecule has 1 saturated carbocycles. The van der Waals surface area contributed by atoms with Crippen molar-refractivity contribution in [3.8, 4) is 11.4 Å². The molecule has 2 aromatic rings. The second-order valence-corrected chi connectivity index (χ2v) is 8.66. The summed E-state index contributed by atoms with van der Waals surface area (Å²) in [6.45, 7) is 8.82. The van der Waals surface area contributed by atoms with E-state index in [9.17, 15) is 0 Å². The lowest BCUT2D eigenvalue weighted by molar-refractivity contribution is -0.106. The molecule has 0 amide bonds. The molecular formula is C21H28ClN5O2. The van der Waals surface area contributed by atoms with Crippen LogP contribution in [0.3, 0.4) is 0 Å². The van der Waals surface area contributed by atoms with Gasteiger partial charge in [0.1, 0.15) is 0 Å². The van der Waals surface area contributed by atoms with Gasteiger partial charge in [-0.1, -0.05) is 42.7 Å². The molecular weight excluding hydrogens is 390 g/mol. The van der Waals surface area contributed by atoms with E-state index >= 15 is 0 Å². The average molecular weight is 418 g/mol. The Hall–Kier alpha value is -2.12. The van der Waals surface area contributed by atoms with Gasteiger partial charge in [0.25, 0.3) is 0 Å². The maximum atomic E-state index is 6.04. The van der Waals surface area contributed by atoms with Gasteiger partial charge in [0.2, 0.25) is 11.7 Å². The topological polar surface area (TPSA) is 84.6 Å². The summed E-state index contributed by atoms with van der Waals surface area (Å²) < 4.78 is 11.3.